The lowest BCUT2D eigenvalue weighted by atomic mass is 9.96. The van der Waals surface area contributed by atoms with Crippen LogP contribution in [0.15, 0.2) is 30.6 Å². The molecule has 1 amide bonds. The summed E-state index contributed by atoms with van der Waals surface area (Å²) in [7, 11) is 4.23. The molecule has 3 aromatic heterocycles. The summed E-state index contributed by atoms with van der Waals surface area (Å²) in [5.41, 5.74) is 4.23. The number of nitrogens with zero attached hydrogens (tertiary/aromatic N) is 5. The van der Waals surface area contributed by atoms with E-state index in [1.807, 2.05) is 25.3 Å². The minimum atomic E-state index is -0.323. The molecule has 2 aliphatic rings. The van der Waals surface area contributed by atoms with Gasteiger partial charge in [0.2, 0.25) is 5.91 Å². The van der Waals surface area contributed by atoms with Crippen molar-refractivity contribution in [2.75, 3.05) is 45.6 Å². The fourth-order valence-corrected chi connectivity index (χ4v) is 5.96. The lowest BCUT2D eigenvalue weighted by Gasteiger charge is -2.30. The maximum Gasteiger partial charge on any atom is 0.227 e. The molecule has 2 saturated heterocycles. The van der Waals surface area contributed by atoms with Crippen molar-refractivity contribution >= 4 is 33.7 Å². The van der Waals surface area contributed by atoms with Gasteiger partial charge in [0.1, 0.15) is 17.0 Å². The van der Waals surface area contributed by atoms with Crippen LogP contribution in [0.4, 0.5) is 10.1 Å². The summed E-state index contributed by atoms with van der Waals surface area (Å²) in [4.78, 5) is 29.8. The molecular weight excluding hydrogens is 469 g/mol. The monoisotopic (exact) mass is 503 g/mol. The van der Waals surface area contributed by atoms with Crippen molar-refractivity contribution in [3.05, 3.63) is 42.2 Å². The Labute approximate surface area is 215 Å². The number of carbonyl (C=O) groups is 1. The van der Waals surface area contributed by atoms with Crippen LogP contribution in [0.1, 0.15) is 37.5 Å². The van der Waals surface area contributed by atoms with Crippen LogP contribution < -0.4 is 5.32 Å². The third-order valence-corrected chi connectivity index (χ3v) is 8.18. The molecule has 0 aliphatic carbocycles. The highest BCUT2D eigenvalue weighted by molar-refractivity contribution is 6.00. The van der Waals surface area contributed by atoms with Gasteiger partial charge in [0, 0.05) is 29.1 Å². The number of H-pyrrole nitrogens is 1. The Kier molecular flexibility index (Phi) is 6.20. The summed E-state index contributed by atoms with van der Waals surface area (Å²) in [5.74, 6) is 0.574. The van der Waals surface area contributed by atoms with Gasteiger partial charge >= 0.3 is 0 Å². The number of rotatable bonds is 4. The van der Waals surface area contributed by atoms with Crippen LogP contribution in [-0.2, 0) is 4.79 Å². The Hall–Kier alpha value is -3.30. The number of nitrogens with one attached hydrogen (secondary N) is 2. The lowest BCUT2D eigenvalue weighted by molar-refractivity contribution is -0.121. The summed E-state index contributed by atoms with van der Waals surface area (Å²) >= 11 is 0. The molecule has 37 heavy (non-hydrogen) atoms. The topological polar surface area (TPSA) is 82.1 Å². The molecule has 2 fully saturated rings. The zero-order valence-electron chi connectivity index (χ0n) is 21.7. The van der Waals surface area contributed by atoms with Crippen molar-refractivity contribution in [2.24, 2.45) is 5.92 Å². The number of pyridine rings is 1. The van der Waals surface area contributed by atoms with Crippen LogP contribution in [0.5, 0.6) is 0 Å². The van der Waals surface area contributed by atoms with Crippen LogP contribution in [0.25, 0.3) is 33.2 Å². The van der Waals surface area contributed by atoms with Crippen LogP contribution in [0.2, 0.25) is 0 Å². The minimum absolute atomic E-state index is 0.0113. The minimum Gasteiger partial charge on any atom is -0.346 e. The zero-order chi connectivity index (χ0) is 25.7. The number of aromatic amines is 1. The molecule has 9 heteroatoms. The van der Waals surface area contributed by atoms with E-state index in [9.17, 15) is 4.79 Å². The molecule has 0 saturated carbocycles. The van der Waals surface area contributed by atoms with Crippen molar-refractivity contribution in [3.8, 4) is 11.1 Å². The number of fused-ring (bicyclic) bond motifs is 2. The second-order valence-corrected chi connectivity index (χ2v) is 10.8. The third-order valence-electron chi connectivity index (χ3n) is 8.18. The third kappa shape index (κ3) is 4.51. The van der Waals surface area contributed by atoms with Gasteiger partial charge in [0.05, 0.1) is 17.4 Å². The average molecular weight is 504 g/mol. The fraction of sp³-hybridized carbons (Fsp3) is 0.464. The van der Waals surface area contributed by atoms with Gasteiger partial charge in [0.25, 0.3) is 0 Å². The van der Waals surface area contributed by atoms with Crippen LogP contribution >= 0.6 is 0 Å². The van der Waals surface area contributed by atoms with Crippen LogP contribution in [-0.4, -0.2) is 75.5 Å². The Morgan fingerprint density at radius 1 is 1.05 bits per heavy atom. The normalized spacial score (nSPS) is 18.7. The first kappa shape index (κ1) is 24.1. The van der Waals surface area contributed by atoms with E-state index in [1.54, 1.807) is 12.3 Å². The molecule has 0 radical (unpaired) electrons. The van der Waals surface area contributed by atoms with Gasteiger partial charge in [-0.2, -0.15) is 0 Å². The number of carbonyl (C=O) groups excluding carboxylic acids is 1. The molecule has 2 N–H and O–H groups in total. The average Bonchev–Trinajstić information content (AvgIpc) is 3.45. The lowest BCUT2D eigenvalue weighted by Crippen LogP contribution is -2.35. The molecule has 5 heterocycles. The number of anilines is 1. The first-order valence-electron chi connectivity index (χ1n) is 13.2. The second-order valence-electron chi connectivity index (χ2n) is 10.8. The van der Waals surface area contributed by atoms with Crippen LogP contribution in [0, 0.1) is 18.7 Å². The van der Waals surface area contributed by atoms with Gasteiger partial charge in [-0.25, -0.2) is 14.4 Å². The predicted octanol–water partition coefficient (Wildman–Crippen LogP) is 4.57. The molecule has 0 atom stereocenters. The standard InChI is InChI=1S/C28H34FN7O/c1-17-32-26-24(29)12-19(13-25(26)36(17)21-6-10-35(3)11-7-21)23-16-31-27-22(23)14-20(15-30-27)33-28(37)18-4-8-34(2)9-5-18/h12-16,18,21H,4-11H2,1-3H3,(H,30,31)(H,33,37). The number of aromatic nitrogens is 4. The van der Waals surface area contributed by atoms with Crippen molar-refractivity contribution in [1.29, 1.82) is 0 Å². The van der Waals surface area contributed by atoms with Crippen molar-refractivity contribution in [3.63, 3.8) is 0 Å². The highest BCUT2D eigenvalue weighted by Crippen LogP contribution is 2.35. The molecule has 8 nitrogen and oxygen atoms in total. The van der Waals surface area contributed by atoms with Gasteiger partial charge in [-0.15, -0.1) is 0 Å². The van der Waals surface area contributed by atoms with Gasteiger partial charge in [0.15, 0.2) is 5.82 Å². The predicted molar refractivity (Wildman–Crippen MR) is 144 cm³/mol. The second kappa shape index (κ2) is 9.54. The number of likely N-dealkylation sites (tertiary alicyclic amines) is 2. The molecule has 1 aromatic carbocycles. The van der Waals surface area contributed by atoms with E-state index in [0.29, 0.717) is 22.9 Å². The Balaban J connectivity index is 1.34. The molecule has 2 aliphatic heterocycles. The molecule has 0 unspecified atom stereocenters. The summed E-state index contributed by atoms with van der Waals surface area (Å²) < 4.78 is 17.6. The summed E-state index contributed by atoms with van der Waals surface area (Å²) in [6.07, 6.45) is 7.30. The van der Waals surface area contributed by atoms with Gasteiger partial charge in [-0.3, -0.25) is 4.79 Å². The van der Waals surface area contributed by atoms with Crippen molar-refractivity contribution in [2.45, 2.75) is 38.6 Å². The largest absolute Gasteiger partial charge is 0.346 e. The number of aryl methyl sites for hydroxylation is 1. The molecule has 6 rings (SSSR count). The van der Waals surface area contributed by atoms with Gasteiger partial charge in [-0.1, -0.05) is 0 Å². The number of benzene rings is 1. The SMILES string of the molecule is Cc1nc2c(F)cc(-c3c[nH]c4ncc(NC(=O)C5CCN(C)CC5)cc34)cc2n1C1CCN(C)CC1. The smallest absolute Gasteiger partial charge is 0.227 e. The number of halogens is 1. The van der Waals surface area contributed by atoms with E-state index >= 15 is 4.39 Å². The highest BCUT2D eigenvalue weighted by atomic mass is 19.1. The molecular formula is C28H34FN7O. The quantitative estimate of drug-likeness (QED) is 0.426. The first-order valence-corrected chi connectivity index (χ1v) is 13.2. The van der Waals surface area contributed by atoms with E-state index in [2.05, 4.69) is 48.7 Å². The molecule has 0 spiro atoms. The summed E-state index contributed by atoms with van der Waals surface area (Å²) in [6, 6.07) is 5.84. The number of piperidine rings is 2. The summed E-state index contributed by atoms with van der Waals surface area (Å²) in [5, 5.41) is 3.91. The zero-order valence-corrected chi connectivity index (χ0v) is 21.7. The number of hydrogen-bond donors (Lipinski definition) is 2. The van der Waals surface area contributed by atoms with E-state index in [4.69, 9.17) is 0 Å². The Bertz CT molecular complexity index is 1460. The van der Waals surface area contributed by atoms with E-state index in [0.717, 1.165) is 79.7 Å². The highest BCUT2D eigenvalue weighted by Gasteiger charge is 2.25. The van der Waals surface area contributed by atoms with E-state index in [-0.39, 0.29) is 17.6 Å². The molecule has 194 valence electrons. The van der Waals surface area contributed by atoms with Crippen molar-refractivity contribution in [1.82, 2.24) is 29.3 Å². The molecule has 0 bridgehead atoms. The Morgan fingerprint density at radius 3 is 2.49 bits per heavy atom. The van der Waals surface area contributed by atoms with Gasteiger partial charge < -0.3 is 24.7 Å². The van der Waals surface area contributed by atoms with E-state index < -0.39 is 0 Å². The fourth-order valence-electron chi connectivity index (χ4n) is 5.96. The maximum atomic E-state index is 15.4. The van der Waals surface area contributed by atoms with Crippen molar-refractivity contribution < 1.29 is 9.18 Å². The summed E-state index contributed by atoms with van der Waals surface area (Å²) in [6.45, 7) is 5.86. The van der Waals surface area contributed by atoms with Crippen LogP contribution in [0.3, 0.4) is 0 Å². The number of hydrogen-bond acceptors (Lipinski definition) is 5. The maximum absolute atomic E-state index is 15.4. The Morgan fingerprint density at radius 2 is 1.76 bits per heavy atom. The van der Waals surface area contributed by atoms with Gasteiger partial charge in [-0.05, 0) is 96.6 Å². The first-order chi connectivity index (χ1) is 17.9. The number of amides is 1. The molecule has 4 aromatic rings. The van der Waals surface area contributed by atoms with E-state index in [1.165, 1.54) is 0 Å². The number of imidazole rings is 1.